The van der Waals surface area contributed by atoms with Crippen LogP contribution in [0.4, 0.5) is 0 Å². The molecular formula is C21H22N2O3. The summed E-state index contributed by atoms with van der Waals surface area (Å²) in [6.45, 7) is 3.85. The van der Waals surface area contributed by atoms with E-state index < -0.39 is 12.0 Å². The molecule has 0 fully saturated rings. The maximum absolute atomic E-state index is 12.8. The van der Waals surface area contributed by atoms with Crippen molar-refractivity contribution < 1.29 is 14.6 Å². The first-order valence-corrected chi connectivity index (χ1v) is 8.72. The van der Waals surface area contributed by atoms with E-state index in [2.05, 4.69) is 0 Å². The highest BCUT2D eigenvalue weighted by Gasteiger charge is 2.35. The minimum atomic E-state index is -0.938. The standard InChI is InChI=1S/C21H22N2O3/c1-3-15(2)18(21(24)25)22-14-23(26)20(17-12-8-5-9-13-17)19(22)16-10-6-4-7-11-16/h4-15,18H,3H2,1-2H3,(H,24,25). The molecule has 1 heterocycles. The van der Waals surface area contributed by atoms with Gasteiger partial charge in [0.1, 0.15) is 0 Å². The summed E-state index contributed by atoms with van der Waals surface area (Å²) in [4.78, 5) is 12.0. The topological polar surface area (TPSA) is 69.2 Å². The lowest BCUT2D eigenvalue weighted by molar-refractivity contribution is -0.593. The van der Waals surface area contributed by atoms with Gasteiger partial charge in [0, 0.05) is 17.0 Å². The highest BCUT2D eigenvalue weighted by molar-refractivity contribution is 5.79. The highest BCUT2D eigenvalue weighted by Crippen LogP contribution is 2.34. The summed E-state index contributed by atoms with van der Waals surface area (Å²) in [7, 11) is 0. The number of nitrogens with zero attached hydrogens (tertiary/aromatic N) is 2. The lowest BCUT2D eigenvalue weighted by atomic mass is 9.97. The van der Waals surface area contributed by atoms with Crippen LogP contribution in [0.5, 0.6) is 0 Å². The Hall–Kier alpha value is -3.08. The van der Waals surface area contributed by atoms with Crippen LogP contribution in [0.3, 0.4) is 0 Å². The average Bonchev–Trinajstić information content (AvgIpc) is 2.99. The van der Waals surface area contributed by atoms with Crippen molar-refractivity contribution in [3.05, 3.63) is 72.2 Å². The van der Waals surface area contributed by atoms with Crippen LogP contribution in [-0.2, 0) is 4.79 Å². The second-order valence-corrected chi connectivity index (χ2v) is 6.45. The zero-order valence-corrected chi connectivity index (χ0v) is 14.9. The van der Waals surface area contributed by atoms with Gasteiger partial charge in [0.05, 0.1) is 0 Å². The lowest BCUT2D eigenvalue weighted by Gasteiger charge is -2.17. The van der Waals surface area contributed by atoms with Crippen LogP contribution in [0.25, 0.3) is 22.5 Å². The smallest absolute Gasteiger partial charge is 0.349 e. The van der Waals surface area contributed by atoms with Crippen molar-refractivity contribution in [1.29, 1.82) is 0 Å². The maximum atomic E-state index is 12.8. The second-order valence-electron chi connectivity index (χ2n) is 6.45. The van der Waals surface area contributed by atoms with Crippen molar-refractivity contribution in [2.75, 3.05) is 0 Å². The van der Waals surface area contributed by atoms with E-state index in [1.54, 1.807) is 4.57 Å². The monoisotopic (exact) mass is 350 g/mol. The molecule has 0 radical (unpaired) electrons. The molecule has 0 aliphatic rings. The van der Waals surface area contributed by atoms with E-state index in [1.807, 2.05) is 74.5 Å². The van der Waals surface area contributed by atoms with E-state index in [9.17, 15) is 15.1 Å². The number of aliphatic carboxylic acids is 1. The third-order valence-electron chi connectivity index (χ3n) is 4.76. The van der Waals surface area contributed by atoms with E-state index in [-0.39, 0.29) is 5.92 Å². The summed E-state index contributed by atoms with van der Waals surface area (Å²) in [5.41, 5.74) is 2.66. The molecule has 0 spiro atoms. The molecule has 0 saturated heterocycles. The molecule has 3 rings (SSSR count). The fourth-order valence-electron chi connectivity index (χ4n) is 3.27. The Labute approximate surface area is 152 Å². The van der Waals surface area contributed by atoms with Gasteiger partial charge in [0.15, 0.2) is 11.4 Å². The van der Waals surface area contributed by atoms with Crippen LogP contribution in [0.1, 0.15) is 26.3 Å². The third-order valence-corrected chi connectivity index (χ3v) is 4.76. The first-order valence-electron chi connectivity index (χ1n) is 8.72. The van der Waals surface area contributed by atoms with Gasteiger partial charge in [0.2, 0.25) is 12.4 Å². The lowest BCUT2D eigenvalue weighted by Crippen LogP contribution is -2.29. The van der Waals surface area contributed by atoms with E-state index in [1.165, 1.54) is 6.33 Å². The first kappa shape index (κ1) is 17.7. The Bertz CT molecular complexity index is 888. The molecule has 0 aliphatic carbocycles. The summed E-state index contributed by atoms with van der Waals surface area (Å²) in [5, 5.41) is 22.6. The molecule has 5 heteroatoms. The molecule has 1 aromatic heterocycles. The molecule has 0 bridgehead atoms. The molecule has 5 nitrogen and oxygen atoms in total. The van der Waals surface area contributed by atoms with Gasteiger partial charge >= 0.3 is 5.97 Å². The van der Waals surface area contributed by atoms with Gasteiger partial charge in [0.25, 0.3) is 0 Å². The molecule has 134 valence electrons. The largest absolute Gasteiger partial charge is 0.710 e. The Morgan fingerprint density at radius 3 is 2.12 bits per heavy atom. The van der Waals surface area contributed by atoms with Gasteiger partial charge in [-0.05, 0) is 6.42 Å². The number of hydrogen-bond donors (Lipinski definition) is 1. The second kappa shape index (κ2) is 7.44. The van der Waals surface area contributed by atoms with Crippen molar-refractivity contribution in [1.82, 2.24) is 4.57 Å². The van der Waals surface area contributed by atoms with Gasteiger partial charge in [-0.15, -0.1) is 0 Å². The molecule has 26 heavy (non-hydrogen) atoms. The number of carbonyl (C=O) groups is 1. The molecule has 1 N–H and O–H groups in total. The summed E-state index contributed by atoms with van der Waals surface area (Å²) < 4.78 is 2.39. The molecule has 3 aromatic rings. The van der Waals surface area contributed by atoms with Crippen molar-refractivity contribution in [3.8, 4) is 22.5 Å². The number of aromatic nitrogens is 2. The molecule has 2 aromatic carbocycles. The van der Waals surface area contributed by atoms with E-state index in [4.69, 9.17) is 0 Å². The van der Waals surface area contributed by atoms with Crippen molar-refractivity contribution in [2.45, 2.75) is 26.3 Å². The normalized spacial score (nSPS) is 13.3. The van der Waals surface area contributed by atoms with Crippen LogP contribution in [0.15, 0.2) is 67.0 Å². The zero-order chi connectivity index (χ0) is 18.7. The van der Waals surface area contributed by atoms with Gasteiger partial charge < -0.3 is 10.3 Å². The molecule has 2 unspecified atom stereocenters. The fraction of sp³-hybridized carbons (Fsp3) is 0.238. The SMILES string of the molecule is CCC(C)C(C(=O)O)n1c[n+]([O-])c(-c2ccccc2)c1-c1ccccc1. The van der Waals surface area contributed by atoms with Gasteiger partial charge in [-0.3, -0.25) is 0 Å². The first-order chi connectivity index (χ1) is 12.5. The Balaban J connectivity index is 2.31. The van der Waals surface area contributed by atoms with E-state index >= 15 is 0 Å². The minimum absolute atomic E-state index is 0.119. The summed E-state index contributed by atoms with van der Waals surface area (Å²) in [6.07, 6.45) is 2.05. The molecule has 0 aliphatic heterocycles. The number of imidazole rings is 1. The number of rotatable bonds is 6. The minimum Gasteiger partial charge on any atom is -0.710 e. The van der Waals surface area contributed by atoms with Gasteiger partial charge in [-0.25, -0.2) is 14.1 Å². The zero-order valence-electron chi connectivity index (χ0n) is 14.9. The van der Waals surface area contributed by atoms with Crippen molar-refractivity contribution >= 4 is 5.97 Å². The predicted molar refractivity (Wildman–Crippen MR) is 100 cm³/mol. The summed E-state index contributed by atoms with van der Waals surface area (Å²) in [5.74, 6) is -1.06. The molecule has 0 saturated carbocycles. The maximum Gasteiger partial charge on any atom is 0.349 e. The molecule has 0 amide bonds. The Morgan fingerprint density at radius 2 is 1.62 bits per heavy atom. The quantitative estimate of drug-likeness (QED) is 0.537. The van der Waals surface area contributed by atoms with E-state index in [0.29, 0.717) is 17.8 Å². The van der Waals surface area contributed by atoms with E-state index in [0.717, 1.165) is 15.9 Å². The van der Waals surface area contributed by atoms with Gasteiger partial charge in [-0.2, -0.15) is 0 Å². The van der Waals surface area contributed by atoms with Crippen LogP contribution < -0.4 is 4.73 Å². The van der Waals surface area contributed by atoms with Gasteiger partial charge in [-0.1, -0.05) is 74.5 Å². The number of carboxylic acids is 1. The Kier molecular flexibility index (Phi) is 5.07. The van der Waals surface area contributed by atoms with Crippen LogP contribution in [0, 0.1) is 11.1 Å². The fourth-order valence-corrected chi connectivity index (χ4v) is 3.27. The number of carboxylic acid groups (broad SMARTS) is 1. The van der Waals surface area contributed by atoms with Crippen molar-refractivity contribution in [2.24, 2.45) is 5.92 Å². The Morgan fingerprint density at radius 1 is 1.08 bits per heavy atom. The van der Waals surface area contributed by atoms with Crippen LogP contribution >= 0.6 is 0 Å². The highest BCUT2D eigenvalue weighted by atomic mass is 16.5. The third kappa shape index (κ3) is 3.20. The summed E-state index contributed by atoms with van der Waals surface area (Å²) >= 11 is 0. The van der Waals surface area contributed by atoms with Crippen LogP contribution in [-0.4, -0.2) is 15.6 Å². The molecule has 2 atom stereocenters. The predicted octanol–water partition coefficient (Wildman–Crippen LogP) is 4.13. The number of benzene rings is 2. The van der Waals surface area contributed by atoms with Crippen LogP contribution in [0.2, 0.25) is 0 Å². The van der Waals surface area contributed by atoms with Crippen molar-refractivity contribution in [3.63, 3.8) is 0 Å². The number of hydrogen-bond acceptors (Lipinski definition) is 2. The molecular weight excluding hydrogens is 328 g/mol. The summed E-state index contributed by atoms with van der Waals surface area (Å²) in [6, 6.07) is 18.0. The average molecular weight is 350 g/mol.